The van der Waals surface area contributed by atoms with Gasteiger partial charge in [0.25, 0.3) is 12.3 Å². The van der Waals surface area contributed by atoms with Gasteiger partial charge in [0.15, 0.2) is 6.61 Å². The first kappa shape index (κ1) is 16.4. The number of nitrogens with one attached hydrogen (secondary N) is 2. The zero-order chi connectivity index (χ0) is 17.6. The van der Waals surface area contributed by atoms with Gasteiger partial charge < -0.3 is 10.1 Å². The van der Waals surface area contributed by atoms with Crippen LogP contribution in [0.25, 0.3) is 11.4 Å². The summed E-state index contributed by atoms with van der Waals surface area (Å²) in [6.07, 6.45) is -1.31. The molecule has 0 aliphatic heterocycles. The Bertz CT molecular complexity index is 857. The van der Waals surface area contributed by atoms with Crippen LogP contribution in [-0.4, -0.2) is 44.5 Å². The Morgan fingerprint density at radius 1 is 1.28 bits per heavy atom. The number of hydrogen-bond donors (Lipinski definition) is 2. The number of hydrogen-bond acceptors (Lipinski definition) is 6. The van der Waals surface area contributed by atoms with Gasteiger partial charge in [0.1, 0.15) is 5.56 Å². The average molecular weight is 346 g/mol. The minimum Gasteiger partial charge on any atom is -0.471 e. The molecule has 0 saturated heterocycles. The van der Waals surface area contributed by atoms with Crippen molar-refractivity contribution >= 4 is 11.6 Å². The van der Waals surface area contributed by atoms with E-state index >= 15 is 0 Å². The van der Waals surface area contributed by atoms with Crippen molar-refractivity contribution in [2.45, 2.75) is 6.43 Å². The van der Waals surface area contributed by atoms with Gasteiger partial charge in [-0.25, -0.2) is 13.8 Å². The van der Waals surface area contributed by atoms with Gasteiger partial charge in [-0.05, 0) is 29.5 Å². The fraction of sp³-hybridized carbons (Fsp3) is 0.133. The van der Waals surface area contributed by atoms with Gasteiger partial charge in [-0.2, -0.15) is 5.21 Å². The summed E-state index contributed by atoms with van der Waals surface area (Å²) in [5.74, 6) is -0.323. The van der Waals surface area contributed by atoms with Gasteiger partial charge in [-0.3, -0.25) is 4.79 Å². The third-order valence-corrected chi connectivity index (χ3v) is 3.09. The average Bonchev–Trinajstić information content (AvgIpc) is 3.15. The number of ether oxygens (including phenoxy) is 1. The molecule has 0 unspecified atom stereocenters. The van der Waals surface area contributed by atoms with E-state index in [4.69, 9.17) is 4.74 Å². The molecule has 2 heterocycles. The summed E-state index contributed by atoms with van der Waals surface area (Å²) < 4.78 is 29.5. The van der Waals surface area contributed by atoms with Crippen LogP contribution in [0.2, 0.25) is 0 Å². The van der Waals surface area contributed by atoms with Crippen LogP contribution in [0.1, 0.15) is 10.4 Å². The molecule has 1 amide bonds. The van der Waals surface area contributed by atoms with E-state index < -0.39 is 18.9 Å². The van der Waals surface area contributed by atoms with Crippen LogP contribution in [0.4, 0.5) is 14.5 Å². The van der Waals surface area contributed by atoms with Crippen molar-refractivity contribution in [2.24, 2.45) is 0 Å². The number of halogens is 2. The van der Waals surface area contributed by atoms with E-state index in [1.54, 1.807) is 24.3 Å². The van der Waals surface area contributed by atoms with Gasteiger partial charge in [0.2, 0.25) is 11.7 Å². The lowest BCUT2D eigenvalue weighted by Crippen LogP contribution is -2.16. The van der Waals surface area contributed by atoms with Crippen molar-refractivity contribution in [2.75, 3.05) is 11.9 Å². The van der Waals surface area contributed by atoms with Gasteiger partial charge in [0, 0.05) is 17.4 Å². The number of carbonyl (C=O) groups excluding carboxylic acids is 1. The van der Waals surface area contributed by atoms with E-state index in [1.807, 2.05) is 0 Å². The van der Waals surface area contributed by atoms with Crippen molar-refractivity contribution in [1.29, 1.82) is 0 Å². The standard InChI is InChI=1S/C15H12F2N6O2/c16-12(17)8-25-15-11(5-2-6-18-15)14(24)19-10-4-1-3-9(7-10)13-20-22-23-21-13/h1-7,12H,8H2,(H,19,24)(H,20,21,22,23). The van der Waals surface area contributed by atoms with Crippen LogP contribution in [-0.2, 0) is 0 Å². The Hall–Kier alpha value is -3.43. The second-order valence-electron chi connectivity index (χ2n) is 4.83. The van der Waals surface area contributed by atoms with Gasteiger partial charge in [-0.1, -0.05) is 12.1 Å². The number of anilines is 1. The zero-order valence-electron chi connectivity index (χ0n) is 12.7. The van der Waals surface area contributed by atoms with Crippen LogP contribution in [0.3, 0.4) is 0 Å². The molecule has 0 radical (unpaired) electrons. The molecule has 3 rings (SSSR count). The Morgan fingerprint density at radius 3 is 2.92 bits per heavy atom. The molecule has 0 aliphatic carbocycles. The summed E-state index contributed by atoms with van der Waals surface area (Å²) in [5.41, 5.74) is 1.16. The highest BCUT2D eigenvalue weighted by atomic mass is 19.3. The van der Waals surface area contributed by atoms with Crippen molar-refractivity contribution < 1.29 is 18.3 Å². The molecule has 10 heteroatoms. The Balaban J connectivity index is 1.78. The molecule has 0 fully saturated rings. The summed E-state index contributed by atoms with van der Waals surface area (Å²) in [6, 6.07) is 9.73. The lowest BCUT2D eigenvalue weighted by Gasteiger charge is -2.10. The first-order valence-corrected chi connectivity index (χ1v) is 7.14. The number of nitrogens with zero attached hydrogens (tertiary/aromatic N) is 4. The highest BCUT2D eigenvalue weighted by Crippen LogP contribution is 2.21. The van der Waals surface area contributed by atoms with Crippen LogP contribution >= 0.6 is 0 Å². The minimum atomic E-state index is -2.66. The maximum Gasteiger partial charge on any atom is 0.272 e. The quantitative estimate of drug-likeness (QED) is 0.708. The number of aromatic amines is 1. The fourth-order valence-corrected chi connectivity index (χ4v) is 2.04. The molecular weight excluding hydrogens is 334 g/mol. The van der Waals surface area contributed by atoms with E-state index in [2.05, 4.69) is 30.9 Å². The van der Waals surface area contributed by atoms with Crippen molar-refractivity contribution in [3.63, 3.8) is 0 Å². The predicted molar refractivity (Wildman–Crippen MR) is 83.3 cm³/mol. The molecule has 128 valence electrons. The number of rotatable bonds is 6. The molecule has 0 aliphatic rings. The summed E-state index contributed by atoms with van der Waals surface area (Å²) in [6.45, 7) is -0.843. The molecular formula is C15H12F2N6O2. The summed E-state index contributed by atoms with van der Waals surface area (Å²) >= 11 is 0. The minimum absolute atomic E-state index is 0.0492. The van der Waals surface area contributed by atoms with Crippen LogP contribution < -0.4 is 10.1 Å². The topological polar surface area (TPSA) is 106 Å². The Labute approximate surface area is 140 Å². The van der Waals surface area contributed by atoms with Crippen LogP contribution in [0, 0.1) is 0 Å². The predicted octanol–water partition coefficient (Wildman–Crippen LogP) is 2.16. The second-order valence-corrected chi connectivity index (χ2v) is 4.83. The number of H-pyrrole nitrogens is 1. The summed E-state index contributed by atoms with van der Waals surface area (Å²) in [5, 5.41) is 16.2. The third-order valence-electron chi connectivity index (χ3n) is 3.09. The number of tetrazole rings is 1. The smallest absolute Gasteiger partial charge is 0.272 e. The molecule has 0 saturated carbocycles. The first-order valence-electron chi connectivity index (χ1n) is 7.14. The number of carbonyl (C=O) groups is 1. The lowest BCUT2D eigenvalue weighted by atomic mass is 10.2. The number of alkyl halides is 2. The molecule has 0 spiro atoms. The summed E-state index contributed by atoms with van der Waals surface area (Å²) in [7, 11) is 0. The Morgan fingerprint density at radius 2 is 2.16 bits per heavy atom. The highest BCUT2D eigenvalue weighted by molar-refractivity contribution is 6.06. The Kier molecular flexibility index (Phi) is 4.88. The largest absolute Gasteiger partial charge is 0.471 e. The number of pyridine rings is 1. The van der Waals surface area contributed by atoms with E-state index in [1.165, 1.54) is 18.3 Å². The first-order chi connectivity index (χ1) is 12.1. The van der Waals surface area contributed by atoms with Gasteiger partial charge in [-0.15, -0.1) is 10.2 Å². The monoisotopic (exact) mass is 346 g/mol. The molecule has 2 N–H and O–H groups in total. The van der Waals surface area contributed by atoms with Crippen LogP contribution in [0.5, 0.6) is 5.88 Å². The van der Waals surface area contributed by atoms with Gasteiger partial charge in [0.05, 0.1) is 0 Å². The van der Waals surface area contributed by atoms with Crippen molar-refractivity contribution in [3.8, 4) is 17.3 Å². The van der Waals surface area contributed by atoms with Crippen molar-refractivity contribution in [1.82, 2.24) is 25.6 Å². The highest BCUT2D eigenvalue weighted by Gasteiger charge is 2.16. The fourth-order valence-electron chi connectivity index (χ4n) is 2.04. The molecule has 25 heavy (non-hydrogen) atoms. The number of aromatic nitrogens is 5. The SMILES string of the molecule is O=C(Nc1cccc(-c2nn[nH]n2)c1)c1cccnc1OCC(F)F. The number of benzene rings is 1. The maximum atomic E-state index is 12.4. The number of amides is 1. The zero-order valence-corrected chi connectivity index (χ0v) is 12.7. The summed E-state index contributed by atoms with van der Waals surface area (Å²) in [4.78, 5) is 16.2. The van der Waals surface area contributed by atoms with E-state index in [-0.39, 0.29) is 11.4 Å². The molecule has 3 aromatic rings. The third kappa shape index (κ3) is 4.10. The van der Waals surface area contributed by atoms with Gasteiger partial charge >= 0.3 is 0 Å². The molecule has 2 aromatic heterocycles. The van der Waals surface area contributed by atoms with Crippen LogP contribution in [0.15, 0.2) is 42.6 Å². The van der Waals surface area contributed by atoms with E-state index in [9.17, 15) is 13.6 Å². The molecule has 8 nitrogen and oxygen atoms in total. The molecule has 1 aromatic carbocycles. The van der Waals surface area contributed by atoms with Crippen molar-refractivity contribution in [3.05, 3.63) is 48.2 Å². The lowest BCUT2D eigenvalue weighted by molar-refractivity contribution is 0.0780. The molecule has 0 bridgehead atoms. The second kappa shape index (κ2) is 7.43. The maximum absolute atomic E-state index is 12.4. The van der Waals surface area contributed by atoms with E-state index in [0.29, 0.717) is 17.1 Å². The normalized spacial score (nSPS) is 10.7. The molecule has 0 atom stereocenters. The van der Waals surface area contributed by atoms with E-state index in [0.717, 1.165) is 0 Å².